The quantitative estimate of drug-likeness (QED) is 0.635. The van der Waals surface area contributed by atoms with E-state index in [0.29, 0.717) is 5.69 Å². The number of imide groups is 1. The fraction of sp³-hybridized carbons (Fsp3) is 0.192. The second kappa shape index (κ2) is 6.87. The third-order valence-corrected chi connectivity index (χ3v) is 6.95. The molecule has 2 saturated heterocycles. The molecule has 0 bridgehead atoms. The van der Waals surface area contributed by atoms with Crippen LogP contribution in [0.25, 0.3) is 0 Å². The third kappa shape index (κ3) is 2.47. The Morgan fingerprint density at radius 2 is 1.44 bits per heavy atom. The van der Waals surface area contributed by atoms with Crippen LogP contribution in [0.15, 0.2) is 84.9 Å². The van der Waals surface area contributed by atoms with Crippen molar-refractivity contribution in [1.82, 2.24) is 10.2 Å². The van der Waals surface area contributed by atoms with Gasteiger partial charge in [-0.2, -0.15) is 0 Å². The highest BCUT2D eigenvalue weighted by atomic mass is 16.2. The van der Waals surface area contributed by atoms with Crippen molar-refractivity contribution in [1.29, 1.82) is 0 Å². The monoisotopic (exact) mass is 423 g/mol. The van der Waals surface area contributed by atoms with Gasteiger partial charge in [0.15, 0.2) is 0 Å². The molecule has 6 rings (SSSR count). The number of para-hydroxylation sites is 1. The zero-order valence-corrected chi connectivity index (χ0v) is 17.2. The highest BCUT2D eigenvalue weighted by molar-refractivity contribution is 6.15. The van der Waals surface area contributed by atoms with Gasteiger partial charge in [-0.15, -0.1) is 0 Å². The lowest BCUT2D eigenvalue weighted by Gasteiger charge is -2.29. The smallest absolute Gasteiger partial charge is 0.250 e. The Morgan fingerprint density at radius 1 is 0.781 bits per heavy atom. The molecule has 6 heteroatoms. The van der Waals surface area contributed by atoms with Crippen LogP contribution in [-0.2, 0) is 26.5 Å². The number of nitrogens with one attached hydrogen (secondary N) is 2. The molecule has 32 heavy (non-hydrogen) atoms. The van der Waals surface area contributed by atoms with Crippen molar-refractivity contribution in [3.05, 3.63) is 102 Å². The van der Waals surface area contributed by atoms with E-state index >= 15 is 0 Å². The molecular formula is C26H21N3O3. The molecule has 3 amide bonds. The van der Waals surface area contributed by atoms with Crippen LogP contribution in [0.3, 0.4) is 0 Å². The molecule has 158 valence electrons. The maximum atomic E-state index is 13.8. The topological polar surface area (TPSA) is 78.5 Å². The Morgan fingerprint density at radius 3 is 2.19 bits per heavy atom. The van der Waals surface area contributed by atoms with Crippen molar-refractivity contribution in [2.75, 3.05) is 5.32 Å². The molecule has 2 fully saturated rings. The number of benzene rings is 3. The summed E-state index contributed by atoms with van der Waals surface area (Å²) in [5.74, 6) is -2.30. The molecular weight excluding hydrogens is 402 g/mol. The van der Waals surface area contributed by atoms with Crippen molar-refractivity contribution in [3.8, 4) is 0 Å². The van der Waals surface area contributed by atoms with Crippen molar-refractivity contribution < 1.29 is 14.4 Å². The Hall–Kier alpha value is -3.77. The maximum absolute atomic E-state index is 13.8. The number of nitrogens with zero attached hydrogens (tertiary/aromatic N) is 1. The van der Waals surface area contributed by atoms with Gasteiger partial charge >= 0.3 is 0 Å². The third-order valence-electron chi connectivity index (χ3n) is 6.95. The Balaban J connectivity index is 1.50. The van der Waals surface area contributed by atoms with Gasteiger partial charge in [0.2, 0.25) is 17.7 Å². The minimum absolute atomic E-state index is 0.201. The summed E-state index contributed by atoms with van der Waals surface area (Å²) in [4.78, 5) is 42.2. The molecule has 0 aliphatic carbocycles. The molecule has 3 heterocycles. The average Bonchev–Trinajstić information content (AvgIpc) is 3.41. The van der Waals surface area contributed by atoms with Gasteiger partial charge in [0, 0.05) is 17.3 Å². The molecule has 0 saturated carbocycles. The first-order valence-electron chi connectivity index (χ1n) is 10.7. The Bertz CT molecular complexity index is 1240. The second-order valence-corrected chi connectivity index (χ2v) is 8.59. The number of rotatable bonds is 3. The van der Waals surface area contributed by atoms with Crippen LogP contribution in [-0.4, -0.2) is 22.6 Å². The first kappa shape index (κ1) is 19.0. The predicted molar refractivity (Wildman–Crippen MR) is 118 cm³/mol. The van der Waals surface area contributed by atoms with E-state index < -0.39 is 23.4 Å². The van der Waals surface area contributed by atoms with Crippen LogP contribution in [0, 0.1) is 11.8 Å². The SMILES string of the molecule is O=C1[C@H]2[C@@H](C(=O)N1Cc1ccccc1)[C@]1(N[C@H]2c2ccccc2)C(=O)Nc2ccccc21. The van der Waals surface area contributed by atoms with Gasteiger partial charge in [-0.05, 0) is 17.2 Å². The molecule has 3 aromatic carbocycles. The summed E-state index contributed by atoms with van der Waals surface area (Å²) >= 11 is 0. The molecule has 3 aliphatic heterocycles. The zero-order valence-electron chi connectivity index (χ0n) is 17.2. The predicted octanol–water partition coefficient (Wildman–Crippen LogP) is 2.98. The van der Waals surface area contributed by atoms with Crippen LogP contribution in [0.4, 0.5) is 5.69 Å². The van der Waals surface area contributed by atoms with Crippen LogP contribution in [0.5, 0.6) is 0 Å². The number of amides is 3. The zero-order chi connectivity index (χ0) is 21.9. The molecule has 2 N–H and O–H groups in total. The second-order valence-electron chi connectivity index (χ2n) is 8.59. The number of hydrogen-bond acceptors (Lipinski definition) is 4. The van der Waals surface area contributed by atoms with Gasteiger partial charge in [-0.3, -0.25) is 24.6 Å². The minimum atomic E-state index is -1.28. The van der Waals surface area contributed by atoms with Crippen molar-refractivity contribution in [2.24, 2.45) is 11.8 Å². The summed E-state index contributed by atoms with van der Waals surface area (Å²) < 4.78 is 0. The number of carbonyl (C=O) groups excluding carboxylic acids is 3. The number of anilines is 1. The highest BCUT2D eigenvalue weighted by Gasteiger charge is 2.70. The number of carbonyl (C=O) groups is 3. The van der Waals surface area contributed by atoms with Gasteiger partial charge < -0.3 is 5.32 Å². The summed E-state index contributed by atoms with van der Waals surface area (Å²) in [7, 11) is 0. The fourth-order valence-corrected chi connectivity index (χ4v) is 5.57. The van der Waals surface area contributed by atoms with E-state index in [1.165, 1.54) is 4.90 Å². The van der Waals surface area contributed by atoms with Crippen LogP contribution < -0.4 is 10.6 Å². The van der Waals surface area contributed by atoms with E-state index in [9.17, 15) is 14.4 Å². The van der Waals surface area contributed by atoms with Gasteiger partial charge in [0.05, 0.1) is 18.4 Å². The summed E-state index contributed by atoms with van der Waals surface area (Å²) in [5, 5.41) is 6.39. The summed E-state index contributed by atoms with van der Waals surface area (Å²) in [5.41, 5.74) is 1.89. The molecule has 0 unspecified atom stereocenters. The molecule has 3 aliphatic rings. The lowest BCUT2D eigenvalue weighted by Crippen LogP contribution is -2.51. The summed E-state index contributed by atoms with van der Waals surface area (Å²) in [6.07, 6.45) is 0. The molecule has 0 radical (unpaired) electrons. The van der Waals surface area contributed by atoms with Gasteiger partial charge in [-0.1, -0.05) is 78.9 Å². The number of fused-ring (bicyclic) bond motifs is 4. The van der Waals surface area contributed by atoms with Gasteiger partial charge in [-0.25, -0.2) is 0 Å². The lowest BCUT2D eigenvalue weighted by atomic mass is 9.76. The fourth-order valence-electron chi connectivity index (χ4n) is 5.57. The standard InChI is InChI=1S/C26H21N3O3/c30-23-20-21(24(31)29(23)15-16-9-3-1-4-10-16)26(28-22(20)17-11-5-2-6-12-17)18-13-7-8-14-19(18)27-25(26)32/h1-14,20-22,28H,15H2,(H,27,32)/t20-,21-,22-,26-/m0/s1. The Labute approximate surface area is 185 Å². The first-order chi connectivity index (χ1) is 15.6. The first-order valence-corrected chi connectivity index (χ1v) is 10.7. The number of hydrogen-bond donors (Lipinski definition) is 2. The van der Waals surface area contributed by atoms with E-state index in [1.54, 1.807) is 0 Å². The van der Waals surface area contributed by atoms with E-state index in [4.69, 9.17) is 0 Å². The largest absolute Gasteiger partial charge is 0.324 e. The van der Waals surface area contributed by atoms with E-state index in [0.717, 1.165) is 16.7 Å². The Kier molecular flexibility index (Phi) is 4.07. The average molecular weight is 423 g/mol. The minimum Gasteiger partial charge on any atom is -0.324 e. The van der Waals surface area contributed by atoms with Crippen LogP contribution in [0.2, 0.25) is 0 Å². The summed E-state index contributed by atoms with van der Waals surface area (Å²) in [6.45, 7) is 0.201. The normalized spacial score (nSPS) is 28.2. The molecule has 0 aromatic heterocycles. The van der Waals surface area contributed by atoms with Gasteiger partial charge in [0.25, 0.3) is 0 Å². The summed E-state index contributed by atoms with van der Waals surface area (Å²) in [6, 6.07) is 26.0. The lowest BCUT2D eigenvalue weighted by molar-refractivity contribution is -0.143. The van der Waals surface area contributed by atoms with Crippen molar-refractivity contribution >= 4 is 23.4 Å². The van der Waals surface area contributed by atoms with Crippen molar-refractivity contribution in [3.63, 3.8) is 0 Å². The molecule has 1 spiro atoms. The van der Waals surface area contributed by atoms with Crippen LogP contribution in [0.1, 0.15) is 22.7 Å². The highest BCUT2D eigenvalue weighted by Crippen LogP contribution is 2.56. The molecule has 3 aromatic rings. The molecule has 6 nitrogen and oxygen atoms in total. The van der Waals surface area contributed by atoms with E-state index in [2.05, 4.69) is 10.6 Å². The molecule has 4 atom stereocenters. The van der Waals surface area contributed by atoms with Gasteiger partial charge in [0.1, 0.15) is 5.54 Å². The number of likely N-dealkylation sites (tertiary alicyclic amines) is 1. The maximum Gasteiger partial charge on any atom is 0.250 e. The van der Waals surface area contributed by atoms with Crippen molar-refractivity contribution in [2.45, 2.75) is 18.1 Å². The van der Waals surface area contributed by atoms with E-state index in [1.807, 2.05) is 84.9 Å². The van der Waals surface area contributed by atoms with Crippen LogP contribution >= 0.6 is 0 Å². The van der Waals surface area contributed by atoms with E-state index in [-0.39, 0.29) is 24.3 Å².